The van der Waals surface area contributed by atoms with Gasteiger partial charge in [-0.05, 0) is 62.6 Å². The third-order valence-electron chi connectivity index (χ3n) is 3.52. The Labute approximate surface area is 126 Å². The Morgan fingerprint density at radius 2 is 1.95 bits per heavy atom. The molecule has 0 aliphatic heterocycles. The minimum atomic E-state index is 0.266. The number of nitrogens with zero attached hydrogens (tertiary/aromatic N) is 1. The van der Waals surface area contributed by atoms with Gasteiger partial charge in [-0.1, -0.05) is 23.7 Å². The summed E-state index contributed by atoms with van der Waals surface area (Å²) in [5, 5.41) is 4.32. The summed E-state index contributed by atoms with van der Waals surface area (Å²) >= 11 is 6.01. The van der Waals surface area contributed by atoms with Crippen molar-refractivity contribution in [2.75, 3.05) is 0 Å². The van der Waals surface area contributed by atoms with Gasteiger partial charge < -0.3 is 5.32 Å². The summed E-state index contributed by atoms with van der Waals surface area (Å²) in [5.74, 6) is 0. The number of nitrogens with one attached hydrogen (secondary N) is 1. The first kappa shape index (κ1) is 15.0. The number of hydrogen-bond donors (Lipinski definition) is 1. The van der Waals surface area contributed by atoms with E-state index in [-0.39, 0.29) is 6.04 Å². The molecule has 0 saturated carbocycles. The minimum Gasteiger partial charge on any atom is -0.306 e. The molecule has 0 fully saturated rings. The molecule has 1 heterocycles. The van der Waals surface area contributed by atoms with Crippen LogP contribution in [0.1, 0.15) is 41.0 Å². The molecule has 0 amide bonds. The van der Waals surface area contributed by atoms with Crippen LogP contribution in [-0.2, 0) is 6.54 Å². The molecule has 0 aliphatic carbocycles. The zero-order valence-corrected chi connectivity index (χ0v) is 13.3. The SMILES string of the molecule is Cc1cc(C)c(C(C)NCc2cccc(Cl)c2)c(C)n1. The average molecular weight is 289 g/mol. The maximum atomic E-state index is 6.01. The Morgan fingerprint density at radius 1 is 1.20 bits per heavy atom. The van der Waals surface area contributed by atoms with Crippen LogP contribution in [0.25, 0.3) is 0 Å². The molecule has 1 aromatic carbocycles. The van der Waals surface area contributed by atoms with Crippen molar-refractivity contribution < 1.29 is 0 Å². The van der Waals surface area contributed by atoms with Crippen molar-refractivity contribution in [2.45, 2.75) is 40.3 Å². The second-order valence-electron chi connectivity index (χ2n) is 5.31. The molecule has 3 heteroatoms. The molecule has 1 atom stereocenters. The number of pyridine rings is 1. The van der Waals surface area contributed by atoms with E-state index in [1.54, 1.807) is 0 Å². The standard InChI is InChI=1S/C17H21ClN2/c1-11-8-12(2)20-14(4)17(11)13(3)19-10-15-6-5-7-16(18)9-15/h5-9,13,19H,10H2,1-4H3. The molecule has 2 nitrogen and oxygen atoms in total. The molecule has 1 unspecified atom stereocenters. The highest BCUT2D eigenvalue weighted by molar-refractivity contribution is 6.30. The van der Waals surface area contributed by atoms with E-state index in [2.05, 4.69) is 43.2 Å². The zero-order chi connectivity index (χ0) is 14.7. The van der Waals surface area contributed by atoms with Crippen molar-refractivity contribution in [3.05, 3.63) is 63.4 Å². The lowest BCUT2D eigenvalue weighted by atomic mass is 10.00. The molecule has 1 N–H and O–H groups in total. The van der Waals surface area contributed by atoms with Crippen LogP contribution in [0.4, 0.5) is 0 Å². The van der Waals surface area contributed by atoms with Crippen LogP contribution in [0, 0.1) is 20.8 Å². The van der Waals surface area contributed by atoms with E-state index in [0.717, 1.165) is 23.0 Å². The molecule has 1 aromatic heterocycles. The van der Waals surface area contributed by atoms with E-state index in [4.69, 9.17) is 11.6 Å². The maximum absolute atomic E-state index is 6.01. The minimum absolute atomic E-state index is 0.266. The summed E-state index contributed by atoms with van der Waals surface area (Å²) in [5.41, 5.74) is 5.96. The van der Waals surface area contributed by atoms with Gasteiger partial charge in [-0.2, -0.15) is 0 Å². The summed E-state index contributed by atoms with van der Waals surface area (Å²) < 4.78 is 0. The number of hydrogen-bond acceptors (Lipinski definition) is 2. The van der Waals surface area contributed by atoms with Crippen LogP contribution in [-0.4, -0.2) is 4.98 Å². The van der Waals surface area contributed by atoms with E-state index in [1.807, 2.05) is 25.1 Å². The van der Waals surface area contributed by atoms with E-state index in [1.165, 1.54) is 16.7 Å². The van der Waals surface area contributed by atoms with Crippen molar-refractivity contribution in [3.63, 3.8) is 0 Å². The van der Waals surface area contributed by atoms with Gasteiger partial charge in [0.25, 0.3) is 0 Å². The van der Waals surface area contributed by atoms with Gasteiger partial charge in [0, 0.05) is 29.0 Å². The largest absolute Gasteiger partial charge is 0.306 e. The highest BCUT2D eigenvalue weighted by atomic mass is 35.5. The van der Waals surface area contributed by atoms with Gasteiger partial charge in [0.05, 0.1) is 0 Å². The molecular weight excluding hydrogens is 268 g/mol. The van der Waals surface area contributed by atoms with Gasteiger partial charge >= 0.3 is 0 Å². The first-order valence-corrected chi connectivity index (χ1v) is 7.27. The van der Waals surface area contributed by atoms with Crippen molar-refractivity contribution >= 4 is 11.6 Å². The quantitative estimate of drug-likeness (QED) is 0.895. The molecule has 20 heavy (non-hydrogen) atoms. The van der Waals surface area contributed by atoms with E-state index < -0.39 is 0 Å². The van der Waals surface area contributed by atoms with Gasteiger partial charge in [-0.3, -0.25) is 4.98 Å². The summed E-state index contributed by atoms with van der Waals surface area (Å²) in [6.45, 7) is 9.24. The summed E-state index contributed by atoms with van der Waals surface area (Å²) in [6, 6.07) is 10.4. The second-order valence-corrected chi connectivity index (χ2v) is 5.75. The number of aryl methyl sites for hydroxylation is 3. The van der Waals surface area contributed by atoms with Crippen molar-refractivity contribution in [3.8, 4) is 0 Å². The van der Waals surface area contributed by atoms with E-state index in [0.29, 0.717) is 0 Å². The Kier molecular flexibility index (Phi) is 4.79. The maximum Gasteiger partial charge on any atom is 0.0426 e. The summed E-state index contributed by atoms with van der Waals surface area (Å²) in [6.07, 6.45) is 0. The molecule has 106 valence electrons. The molecular formula is C17H21ClN2. The molecule has 0 aliphatic rings. The Balaban J connectivity index is 2.11. The number of halogens is 1. The van der Waals surface area contributed by atoms with Crippen LogP contribution in [0.2, 0.25) is 5.02 Å². The fourth-order valence-corrected chi connectivity index (χ4v) is 2.92. The molecule has 0 radical (unpaired) electrons. The van der Waals surface area contributed by atoms with Crippen LogP contribution in [0.3, 0.4) is 0 Å². The van der Waals surface area contributed by atoms with Crippen molar-refractivity contribution in [2.24, 2.45) is 0 Å². The Bertz CT molecular complexity index is 585. The predicted molar refractivity (Wildman–Crippen MR) is 85.2 cm³/mol. The third-order valence-corrected chi connectivity index (χ3v) is 3.75. The molecule has 0 bridgehead atoms. The Hall–Kier alpha value is -1.38. The lowest BCUT2D eigenvalue weighted by molar-refractivity contribution is 0.567. The van der Waals surface area contributed by atoms with Crippen LogP contribution >= 0.6 is 11.6 Å². The van der Waals surface area contributed by atoms with E-state index in [9.17, 15) is 0 Å². The van der Waals surface area contributed by atoms with Crippen LogP contribution < -0.4 is 5.32 Å². The van der Waals surface area contributed by atoms with Crippen molar-refractivity contribution in [1.82, 2.24) is 10.3 Å². The lowest BCUT2D eigenvalue weighted by Crippen LogP contribution is -2.20. The highest BCUT2D eigenvalue weighted by Gasteiger charge is 2.12. The zero-order valence-electron chi connectivity index (χ0n) is 12.5. The summed E-state index contributed by atoms with van der Waals surface area (Å²) in [4.78, 5) is 4.56. The van der Waals surface area contributed by atoms with Crippen LogP contribution in [0.15, 0.2) is 30.3 Å². The van der Waals surface area contributed by atoms with E-state index >= 15 is 0 Å². The first-order chi connectivity index (χ1) is 9.47. The molecule has 2 rings (SSSR count). The molecule has 0 spiro atoms. The van der Waals surface area contributed by atoms with Gasteiger partial charge in [0.15, 0.2) is 0 Å². The third kappa shape index (κ3) is 3.59. The number of rotatable bonds is 4. The smallest absolute Gasteiger partial charge is 0.0426 e. The highest BCUT2D eigenvalue weighted by Crippen LogP contribution is 2.21. The summed E-state index contributed by atoms with van der Waals surface area (Å²) in [7, 11) is 0. The fourth-order valence-electron chi connectivity index (χ4n) is 2.71. The average Bonchev–Trinajstić information content (AvgIpc) is 2.35. The fraction of sp³-hybridized carbons (Fsp3) is 0.353. The lowest BCUT2D eigenvalue weighted by Gasteiger charge is -2.19. The topological polar surface area (TPSA) is 24.9 Å². The number of aromatic nitrogens is 1. The van der Waals surface area contributed by atoms with Crippen molar-refractivity contribution in [1.29, 1.82) is 0 Å². The molecule has 2 aromatic rings. The number of benzene rings is 1. The predicted octanol–water partition coefficient (Wildman–Crippen LogP) is 4.51. The second kappa shape index (κ2) is 6.38. The normalized spacial score (nSPS) is 12.4. The first-order valence-electron chi connectivity index (χ1n) is 6.90. The van der Waals surface area contributed by atoms with Gasteiger partial charge in [0.1, 0.15) is 0 Å². The van der Waals surface area contributed by atoms with Gasteiger partial charge in [0.2, 0.25) is 0 Å². The van der Waals surface area contributed by atoms with Crippen LogP contribution in [0.5, 0.6) is 0 Å². The van der Waals surface area contributed by atoms with Gasteiger partial charge in [-0.25, -0.2) is 0 Å². The monoisotopic (exact) mass is 288 g/mol. The Morgan fingerprint density at radius 3 is 2.60 bits per heavy atom. The molecule has 0 saturated heterocycles. The van der Waals surface area contributed by atoms with Gasteiger partial charge in [-0.15, -0.1) is 0 Å².